The summed E-state index contributed by atoms with van der Waals surface area (Å²) in [6, 6.07) is 8.40. The van der Waals surface area contributed by atoms with Gasteiger partial charge in [-0.25, -0.2) is 4.79 Å². The molecule has 1 fully saturated rings. The summed E-state index contributed by atoms with van der Waals surface area (Å²) in [6.07, 6.45) is 4.44. The van der Waals surface area contributed by atoms with E-state index in [1.54, 1.807) is 35.2 Å². The summed E-state index contributed by atoms with van der Waals surface area (Å²) in [7, 11) is 0. The van der Waals surface area contributed by atoms with Crippen LogP contribution in [-0.2, 0) is 0 Å². The van der Waals surface area contributed by atoms with Gasteiger partial charge in [-0.3, -0.25) is 4.79 Å². The van der Waals surface area contributed by atoms with Gasteiger partial charge in [0.15, 0.2) is 0 Å². The molecule has 3 rings (SSSR count). The second-order valence-electron chi connectivity index (χ2n) is 6.09. The Morgan fingerprint density at radius 1 is 1.24 bits per heavy atom. The van der Waals surface area contributed by atoms with Gasteiger partial charge in [0.1, 0.15) is 6.26 Å². The number of urea groups is 1. The van der Waals surface area contributed by atoms with Crippen molar-refractivity contribution in [3.05, 3.63) is 48.4 Å². The van der Waals surface area contributed by atoms with Crippen molar-refractivity contribution in [3.63, 3.8) is 0 Å². The van der Waals surface area contributed by atoms with Crippen LogP contribution >= 0.6 is 0 Å². The molecule has 2 aromatic rings. The minimum atomic E-state index is -0.274. The van der Waals surface area contributed by atoms with Crippen molar-refractivity contribution in [2.75, 3.05) is 30.3 Å². The van der Waals surface area contributed by atoms with E-state index in [4.69, 9.17) is 9.52 Å². The van der Waals surface area contributed by atoms with E-state index in [-0.39, 0.29) is 18.5 Å². The van der Waals surface area contributed by atoms with Gasteiger partial charge in [-0.1, -0.05) is 6.07 Å². The number of nitrogens with zero attached hydrogens (tertiary/aromatic N) is 1. The van der Waals surface area contributed by atoms with Crippen molar-refractivity contribution in [2.24, 2.45) is 5.92 Å². The van der Waals surface area contributed by atoms with Crippen LogP contribution in [0.25, 0.3) is 0 Å². The Morgan fingerprint density at radius 2 is 2.04 bits per heavy atom. The maximum absolute atomic E-state index is 12.3. The first kappa shape index (κ1) is 17.0. The topological polar surface area (TPSA) is 94.8 Å². The average molecular weight is 343 g/mol. The molecule has 132 valence electrons. The third-order valence-electron chi connectivity index (χ3n) is 4.27. The lowest BCUT2D eigenvalue weighted by Crippen LogP contribution is -2.33. The quantitative estimate of drug-likeness (QED) is 0.778. The van der Waals surface area contributed by atoms with Crippen LogP contribution in [0.4, 0.5) is 16.2 Å². The molecule has 1 atom stereocenters. The molecule has 1 aliphatic rings. The first-order valence-corrected chi connectivity index (χ1v) is 8.26. The molecule has 3 amide bonds. The highest BCUT2D eigenvalue weighted by molar-refractivity contribution is 6.04. The lowest BCUT2D eigenvalue weighted by molar-refractivity contribution is 0.102. The number of likely N-dealkylation sites (tertiary alicyclic amines) is 1. The van der Waals surface area contributed by atoms with Crippen LogP contribution < -0.4 is 10.6 Å². The molecule has 0 unspecified atom stereocenters. The molecule has 0 radical (unpaired) electrons. The van der Waals surface area contributed by atoms with E-state index in [9.17, 15) is 9.59 Å². The maximum Gasteiger partial charge on any atom is 0.321 e. The second kappa shape index (κ2) is 7.85. The zero-order valence-corrected chi connectivity index (χ0v) is 13.8. The molecule has 1 aliphatic heterocycles. The Balaban J connectivity index is 1.58. The normalized spacial score (nSPS) is 16.7. The fourth-order valence-corrected chi connectivity index (χ4v) is 2.91. The number of benzene rings is 1. The molecular weight excluding hydrogens is 322 g/mol. The third-order valence-corrected chi connectivity index (χ3v) is 4.27. The fraction of sp³-hybridized carbons (Fsp3) is 0.333. The van der Waals surface area contributed by atoms with Crippen LogP contribution in [0.1, 0.15) is 23.2 Å². The summed E-state index contributed by atoms with van der Waals surface area (Å²) in [4.78, 5) is 26.1. The van der Waals surface area contributed by atoms with Crippen molar-refractivity contribution in [1.29, 1.82) is 0 Å². The van der Waals surface area contributed by atoms with Gasteiger partial charge in [0.05, 0.1) is 11.8 Å². The number of carbonyl (C=O) groups is 2. The van der Waals surface area contributed by atoms with Gasteiger partial charge in [-0.15, -0.1) is 0 Å². The van der Waals surface area contributed by atoms with Crippen LogP contribution in [0.2, 0.25) is 0 Å². The van der Waals surface area contributed by atoms with Crippen molar-refractivity contribution >= 4 is 23.3 Å². The summed E-state index contributed by atoms with van der Waals surface area (Å²) < 4.78 is 4.89. The first-order valence-electron chi connectivity index (χ1n) is 8.26. The maximum atomic E-state index is 12.3. The minimum absolute atomic E-state index is 0.151. The predicted molar refractivity (Wildman–Crippen MR) is 93.5 cm³/mol. The van der Waals surface area contributed by atoms with Crippen molar-refractivity contribution in [2.45, 2.75) is 12.8 Å². The highest BCUT2D eigenvalue weighted by Crippen LogP contribution is 2.21. The lowest BCUT2D eigenvalue weighted by Gasteiger charge is -2.17. The number of nitrogens with one attached hydrogen (secondary N) is 2. The Labute approximate surface area is 145 Å². The van der Waals surface area contributed by atoms with E-state index >= 15 is 0 Å². The van der Waals surface area contributed by atoms with Gasteiger partial charge >= 0.3 is 6.03 Å². The van der Waals surface area contributed by atoms with Gasteiger partial charge in [0.2, 0.25) is 0 Å². The molecule has 7 nitrogen and oxygen atoms in total. The van der Waals surface area contributed by atoms with Gasteiger partial charge in [-0.05, 0) is 43.0 Å². The van der Waals surface area contributed by atoms with Gasteiger partial charge in [0.25, 0.3) is 5.91 Å². The molecule has 2 heterocycles. The third kappa shape index (κ3) is 4.39. The number of amides is 3. The highest BCUT2D eigenvalue weighted by Gasteiger charge is 2.25. The standard InChI is InChI=1S/C18H21N3O4/c22-8-5-13-4-7-21(11-13)18(24)20-16-3-1-2-15(10-16)19-17(23)14-6-9-25-12-14/h1-3,6,9-10,12-13,22H,4-5,7-8,11H2,(H,19,23)(H,20,24)/t13-/m0/s1. The molecule has 0 bridgehead atoms. The number of carbonyl (C=O) groups excluding carboxylic acids is 2. The van der Waals surface area contributed by atoms with E-state index < -0.39 is 0 Å². The molecule has 1 aromatic carbocycles. The van der Waals surface area contributed by atoms with E-state index in [0.717, 1.165) is 12.8 Å². The zero-order valence-electron chi connectivity index (χ0n) is 13.8. The van der Waals surface area contributed by atoms with E-state index in [0.29, 0.717) is 35.9 Å². The average Bonchev–Trinajstić information content (AvgIpc) is 3.27. The molecule has 7 heteroatoms. The molecule has 0 spiro atoms. The van der Waals surface area contributed by atoms with Crippen LogP contribution in [0, 0.1) is 5.92 Å². The lowest BCUT2D eigenvalue weighted by atomic mass is 10.1. The largest absolute Gasteiger partial charge is 0.472 e. The Kier molecular flexibility index (Phi) is 5.35. The summed E-state index contributed by atoms with van der Waals surface area (Å²) in [5.41, 5.74) is 1.63. The fourth-order valence-electron chi connectivity index (χ4n) is 2.91. The van der Waals surface area contributed by atoms with Crippen molar-refractivity contribution < 1.29 is 19.1 Å². The van der Waals surface area contributed by atoms with E-state index in [2.05, 4.69) is 10.6 Å². The van der Waals surface area contributed by atoms with E-state index in [1.807, 2.05) is 0 Å². The van der Waals surface area contributed by atoms with Gasteiger partial charge in [0, 0.05) is 31.1 Å². The molecule has 1 aromatic heterocycles. The molecule has 0 saturated carbocycles. The summed E-state index contributed by atoms with van der Waals surface area (Å²) >= 11 is 0. The van der Waals surface area contributed by atoms with Crippen LogP contribution in [0.15, 0.2) is 47.3 Å². The molecule has 25 heavy (non-hydrogen) atoms. The van der Waals surface area contributed by atoms with E-state index in [1.165, 1.54) is 12.5 Å². The summed E-state index contributed by atoms with van der Waals surface area (Å²) in [5, 5.41) is 14.6. The molecule has 0 aliphatic carbocycles. The number of hydrogen-bond acceptors (Lipinski definition) is 4. The monoisotopic (exact) mass is 343 g/mol. The number of anilines is 2. The smallest absolute Gasteiger partial charge is 0.321 e. The van der Waals surface area contributed by atoms with Crippen LogP contribution in [-0.4, -0.2) is 41.6 Å². The number of rotatable bonds is 5. The van der Waals surface area contributed by atoms with Gasteiger partial charge < -0.3 is 25.1 Å². The van der Waals surface area contributed by atoms with Crippen LogP contribution in [0.3, 0.4) is 0 Å². The van der Waals surface area contributed by atoms with Crippen LogP contribution in [0.5, 0.6) is 0 Å². The Bertz CT molecular complexity index is 730. The molecule has 1 saturated heterocycles. The zero-order chi connectivity index (χ0) is 17.6. The second-order valence-corrected chi connectivity index (χ2v) is 6.09. The number of hydrogen-bond donors (Lipinski definition) is 3. The van der Waals surface area contributed by atoms with Crippen molar-refractivity contribution in [1.82, 2.24) is 4.90 Å². The Hall–Kier alpha value is -2.80. The first-order chi connectivity index (χ1) is 12.2. The minimum Gasteiger partial charge on any atom is -0.472 e. The SMILES string of the molecule is O=C(Nc1cccc(NC(=O)N2CC[C@@H](CCO)C2)c1)c1ccoc1. The predicted octanol–water partition coefficient (Wildman–Crippen LogP) is 2.77. The van der Waals surface area contributed by atoms with Crippen molar-refractivity contribution in [3.8, 4) is 0 Å². The summed E-state index contributed by atoms with van der Waals surface area (Å²) in [6.45, 7) is 1.50. The molecule has 3 N–H and O–H groups in total. The highest BCUT2D eigenvalue weighted by atomic mass is 16.3. The number of aliphatic hydroxyl groups excluding tert-OH is 1. The summed E-state index contributed by atoms with van der Waals surface area (Å²) in [5.74, 6) is 0.0833. The number of furan rings is 1. The van der Waals surface area contributed by atoms with Gasteiger partial charge in [-0.2, -0.15) is 0 Å². The molecular formula is C18H21N3O4. The number of aliphatic hydroxyl groups is 1. The Morgan fingerprint density at radius 3 is 2.76 bits per heavy atom.